The highest BCUT2D eigenvalue weighted by Crippen LogP contribution is 2.33. The van der Waals surface area contributed by atoms with Gasteiger partial charge < -0.3 is 14.8 Å². The van der Waals surface area contributed by atoms with Crippen LogP contribution in [0.5, 0.6) is 0 Å². The molecule has 0 heterocycles. The van der Waals surface area contributed by atoms with E-state index < -0.39 is 23.3 Å². The minimum absolute atomic E-state index is 0.0557. The number of hydrogen-bond donors (Lipinski definition) is 1. The highest BCUT2D eigenvalue weighted by molar-refractivity contribution is 5.79. The molecule has 1 saturated carbocycles. The van der Waals surface area contributed by atoms with E-state index in [4.69, 9.17) is 4.74 Å². The van der Waals surface area contributed by atoms with Gasteiger partial charge in [0, 0.05) is 6.04 Å². The second-order valence-corrected chi connectivity index (χ2v) is 5.88. The Morgan fingerprint density at radius 3 is 2.21 bits per heavy atom. The SMILES string of the molecule is COC(=O)[C@]1(F)CC[C@@H](NC(=O)OC(C)(C)C)CC1. The zero-order valence-electron chi connectivity index (χ0n) is 11.9. The number of carbonyl (C=O) groups is 2. The molecule has 0 aromatic heterocycles. The van der Waals surface area contributed by atoms with Crippen LogP contribution in [0.1, 0.15) is 46.5 Å². The van der Waals surface area contributed by atoms with Gasteiger partial charge in [-0.05, 0) is 46.5 Å². The van der Waals surface area contributed by atoms with Crippen LogP contribution in [-0.2, 0) is 14.3 Å². The van der Waals surface area contributed by atoms with Gasteiger partial charge in [-0.25, -0.2) is 14.0 Å². The van der Waals surface area contributed by atoms with Gasteiger partial charge in [-0.15, -0.1) is 0 Å². The van der Waals surface area contributed by atoms with E-state index in [1.807, 2.05) is 0 Å². The summed E-state index contributed by atoms with van der Waals surface area (Å²) in [7, 11) is 1.18. The van der Waals surface area contributed by atoms with Crippen LogP contribution in [0.2, 0.25) is 0 Å². The fraction of sp³-hybridized carbons (Fsp3) is 0.846. The minimum Gasteiger partial charge on any atom is -0.467 e. The molecule has 0 saturated heterocycles. The lowest BCUT2D eigenvalue weighted by Gasteiger charge is -2.32. The van der Waals surface area contributed by atoms with E-state index in [-0.39, 0.29) is 18.9 Å². The molecule has 110 valence electrons. The molecule has 1 fully saturated rings. The number of ether oxygens (including phenoxy) is 2. The first kappa shape index (κ1) is 15.7. The molecule has 1 N–H and O–H groups in total. The Morgan fingerprint density at radius 1 is 1.26 bits per heavy atom. The third kappa shape index (κ3) is 4.69. The van der Waals surface area contributed by atoms with Gasteiger partial charge in [0.1, 0.15) is 5.60 Å². The van der Waals surface area contributed by atoms with Crippen LogP contribution in [0.15, 0.2) is 0 Å². The van der Waals surface area contributed by atoms with Gasteiger partial charge >= 0.3 is 12.1 Å². The standard InChI is InChI=1S/C13H22FNO4/c1-12(2,3)19-11(17)15-9-5-7-13(14,8-6-9)10(16)18-4/h9H,5-8H2,1-4H3,(H,15,17)/t9-,13+. The molecule has 0 radical (unpaired) electrons. The third-order valence-corrected chi connectivity index (χ3v) is 3.05. The van der Waals surface area contributed by atoms with Crippen molar-refractivity contribution >= 4 is 12.1 Å². The third-order valence-electron chi connectivity index (χ3n) is 3.05. The van der Waals surface area contributed by atoms with E-state index in [2.05, 4.69) is 10.1 Å². The number of carbonyl (C=O) groups excluding carboxylic acids is 2. The molecule has 0 bridgehead atoms. The Morgan fingerprint density at radius 2 is 1.79 bits per heavy atom. The summed E-state index contributed by atoms with van der Waals surface area (Å²) < 4.78 is 23.7. The van der Waals surface area contributed by atoms with E-state index in [1.54, 1.807) is 20.8 Å². The molecule has 0 unspecified atom stereocenters. The number of amides is 1. The van der Waals surface area contributed by atoms with Crippen molar-refractivity contribution in [2.75, 3.05) is 7.11 Å². The van der Waals surface area contributed by atoms with Crippen molar-refractivity contribution in [1.29, 1.82) is 0 Å². The van der Waals surface area contributed by atoms with Crippen LogP contribution in [0.4, 0.5) is 9.18 Å². The largest absolute Gasteiger partial charge is 0.467 e. The highest BCUT2D eigenvalue weighted by Gasteiger charge is 2.43. The Bertz CT molecular complexity index is 343. The van der Waals surface area contributed by atoms with Crippen LogP contribution >= 0.6 is 0 Å². The Labute approximate surface area is 112 Å². The number of esters is 1. The Balaban J connectivity index is 2.42. The fourth-order valence-electron chi connectivity index (χ4n) is 2.08. The number of alkyl halides is 1. The summed E-state index contributed by atoms with van der Waals surface area (Å²) in [6, 6.07) is -0.164. The molecule has 0 atom stereocenters. The second-order valence-electron chi connectivity index (χ2n) is 5.88. The predicted octanol–water partition coefficient (Wildman–Crippen LogP) is 2.33. The zero-order valence-corrected chi connectivity index (χ0v) is 11.9. The molecule has 5 nitrogen and oxygen atoms in total. The lowest BCUT2D eigenvalue weighted by Crippen LogP contribution is -2.46. The first-order valence-electron chi connectivity index (χ1n) is 6.43. The molecule has 1 amide bonds. The first-order valence-corrected chi connectivity index (χ1v) is 6.43. The maximum Gasteiger partial charge on any atom is 0.407 e. The summed E-state index contributed by atoms with van der Waals surface area (Å²) in [5.41, 5.74) is -2.48. The van der Waals surface area contributed by atoms with Crippen LogP contribution in [0.3, 0.4) is 0 Å². The molecule has 0 aromatic carbocycles. The fourth-order valence-corrected chi connectivity index (χ4v) is 2.08. The molecular weight excluding hydrogens is 253 g/mol. The highest BCUT2D eigenvalue weighted by atomic mass is 19.1. The van der Waals surface area contributed by atoms with Gasteiger partial charge in [-0.1, -0.05) is 0 Å². The minimum atomic E-state index is -1.92. The van der Waals surface area contributed by atoms with Gasteiger partial charge in [0.2, 0.25) is 5.67 Å². The van der Waals surface area contributed by atoms with Crippen LogP contribution in [-0.4, -0.2) is 36.5 Å². The molecule has 0 aromatic rings. The maximum atomic E-state index is 14.1. The van der Waals surface area contributed by atoms with Gasteiger partial charge in [0.05, 0.1) is 7.11 Å². The maximum absolute atomic E-state index is 14.1. The first-order chi connectivity index (χ1) is 8.66. The topological polar surface area (TPSA) is 64.6 Å². The van der Waals surface area contributed by atoms with Crippen molar-refractivity contribution in [2.45, 2.75) is 63.8 Å². The monoisotopic (exact) mass is 275 g/mol. The number of halogens is 1. The summed E-state index contributed by atoms with van der Waals surface area (Å²) >= 11 is 0. The van der Waals surface area contributed by atoms with E-state index >= 15 is 0 Å². The van der Waals surface area contributed by atoms with Crippen LogP contribution in [0, 0.1) is 0 Å². The van der Waals surface area contributed by atoms with E-state index in [1.165, 1.54) is 7.11 Å². The Kier molecular flexibility index (Phi) is 4.76. The molecule has 0 aliphatic heterocycles. The summed E-state index contributed by atoms with van der Waals surface area (Å²) in [4.78, 5) is 22.9. The lowest BCUT2D eigenvalue weighted by molar-refractivity contribution is -0.157. The Hall–Kier alpha value is -1.33. The quantitative estimate of drug-likeness (QED) is 0.786. The molecule has 0 spiro atoms. The second kappa shape index (κ2) is 5.75. The summed E-state index contributed by atoms with van der Waals surface area (Å²) in [5.74, 6) is -0.830. The normalized spacial score (nSPS) is 27.5. The van der Waals surface area contributed by atoms with Gasteiger partial charge in [-0.2, -0.15) is 0 Å². The smallest absolute Gasteiger partial charge is 0.407 e. The van der Waals surface area contributed by atoms with Gasteiger partial charge in [0.15, 0.2) is 0 Å². The van der Waals surface area contributed by atoms with Crippen LogP contribution < -0.4 is 5.32 Å². The van der Waals surface area contributed by atoms with Crippen molar-refractivity contribution in [1.82, 2.24) is 5.32 Å². The summed E-state index contributed by atoms with van der Waals surface area (Å²) in [5, 5.41) is 2.69. The van der Waals surface area contributed by atoms with E-state index in [9.17, 15) is 14.0 Å². The zero-order chi connectivity index (χ0) is 14.7. The summed E-state index contributed by atoms with van der Waals surface area (Å²) in [6.45, 7) is 5.33. The number of alkyl carbamates (subject to hydrolysis) is 1. The average Bonchev–Trinajstić information content (AvgIpc) is 2.29. The van der Waals surface area contributed by atoms with Gasteiger partial charge in [0.25, 0.3) is 0 Å². The molecular formula is C13H22FNO4. The van der Waals surface area contributed by atoms with E-state index in [0.29, 0.717) is 12.8 Å². The van der Waals surface area contributed by atoms with Crippen molar-refractivity contribution in [3.8, 4) is 0 Å². The average molecular weight is 275 g/mol. The van der Waals surface area contributed by atoms with Crippen molar-refractivity contribution < 1.29 is 23.5 Å². The van der Waals surface area contributed by atoms with Crippen molar-refractivity contribution in [2.24, 2.45) is 0 Å². The number of methoxy groups -OCH3 is 1. The number of rotatable bonds is 2. The van der Waals surface area contributed by atoms with Crippen molar-refractivity contribution in [3.05, 3.63) is 0 Å². The molecule has 19 heavy (non-hydrogen) atoms. The number of hydrogen-bond acceptors (Lipinski definition) is 4. The lowest BCUT2D eigenvalue weighted by atomic mass is 9.83. The summed E-state index contributed by atoms with van der Waals surface area (Å²) in [6.07, 6.45) is 0.387. The van der Waals surface area contributed by atoms with Crippen LogP contribution in [0.25, 0.3) is 0 Å². The van der Waals surface area contributed by atoms with Crippen molar-refractivity contribution in [3.63, 3.8) is 0 Å². The van der Waals surface area contributed by atoms with E-state index in [0.717, 1.165) is 0 Å². The predicted molar refractivity (Wildman–Crippen MR) is 67.5 cm³/mol. The molecule has 1 rings (SSSR count). The molecule has 6 heteroatoms. The van der Waals surface area contributed by atoms with Gasteiger partial charge in [-0.3, -0.25) is 0 Å². The molecule has 1 aliphatic rings. The number of nitrogens with one attached hydrogen (secondary N) is 1. The molecule has 1 aliphatic carbocycles.